The van der Waals surface area contributed by atoms with Gasteiger partial charge >= 0.3 is 5.00 Å². The molecule has 82 valence electrons. The highest BCUT2D eigenvalue weighted by molar-refractivity contribution is 7.19. The van der Waals surface area contributed by atoms with Gasteiger partial charge in [-0.25, -0.2) is 0 Å². The van der Waals surface area contributed by atoms with E-state index in [4.69, 9.17) is 0 Å². The van der Waals surface area contributed by atoms with Crippen LogP contribution in [0.4, 0.5) is 10.0 Å². The molecule has 0 atom stereocenters. The fourth-order valence-corrected chi connectivity index (χ4v) is 2.49. The molecule has 2 rings (SSSR count). The van der Waals surface area contributed by atoms with E-state index in [2.05, 4.69) is 16.8 Å². The maximum atomic E-state index is 10.5. The standard InChI is InChI=1S/C9H13N3O2S/c1-10-4-6-11(7-5-10)8-2-3-9(15-8)12(13)14/h2-3H,4-7H2,1H3. The van der Waals surface area contributed by atoms with Crippen LogP contribution in [0.2, 0.25) is 0 Å². The number of likely N-dealkylation sites (N-methyl/N-ethyl adjacent to an activating group) is 1. The van der Waals surface area contributed by atoms with Gasteiger partial charge in [-0.3, -0.25) is 10.1 Å². The van der Waals surface area contributed by atoms with Gasteiger partial charge in [-0.1, -0.05) is 0 Å². The molecular weight excluding hydrogens is 214 g/mol. The van der Waals surface area contributed by atoms with Crippen molar-refractivity contribution in [2.45, 2.75) is 0 Å². The fourth-order valence-electron chi connectivity index (χ4n) is 1.61. The van der Waals surface area contributed by atoms with Crippen LogP contribution in [0, 0.1) is 10.1 Å². The number of nitrogens with zero attached hydrogens (tertiary/aromatic N) is 3. The lowest BCUT2D eigenvalue weighted by atomic mass is 10.3. The van der Waals surface area contributed by atoms with Gasteiger partial charge in [0.1, 0.15) is 0 Å². The largest absolute Gasteiger partial charge is 0.361 e. The molecule has 1 aromatic heterocycles. The molecule has 0 radical (unpaired) electrons. The van der Waals surface area contributed by atoms with E-state index in [1.54, 1.807) is 6.07 Å². The van der Waals surface area contributed by atoms with Crippen LogP contribution in [0.3, 0.4) is 0 Å². The van der Waals surface area contributed by atoms with Crippen LogP contribution in [0.5, 0.6) is 0 Å². The Morgan fingerprint density at radius 3 is 2.53 bits per heavy atom. The molecule has 5 nitrogen and oxygen atoms in total. The second-order valence-corrected chi connectivity index (χ2v) is 4.70. The number of hydrogen-bond acceptors (Lipinski definition) is 5. The van der Waals surface area contributed by atoms with Gasteiger partial charge < -0.3 is 9.80 Å². The molecule has 0 spiro atoms. The average molecular weight is 227 g/mol. The van der Waals surface area contributed by atoms with E-state index in [1.165, 1.54) is 11.3 Å². The zero-order valence-electron chi connectivity index (χ0n) is 8.55. The molecule has 0 saturated carbocycles. The minimum Gasteiger partial charge on any atom is -0.361 e. The van der Waals surface area contributed by atoms with Crippen molar-refractivity contribution in [2.75, 3.05) is 38.1 Å². The molecule has 1 fully saturated rings. The van der Waals surface area contributed by atoms with Crippen LogP contribution in [0.15, 0.2) is 12.1 Å². The normalized spacial score (nSPS) is 18.1. The molecule has 1 aliphatic rings. The monoisotopic (exact) mass is 227 g/mol. The molecule has 6 heteroatoms. The summed E-state index contributed by atoms with van der Waals surface area (Å²) in [7, 11) is 2.09. The maximum absolute atomic E-state index is 10.5. The Labute approximate surface area is 92.1 Å². The smallest absolute Gasteiger partial charge is 0.326 e. The van der Waals surface area contributed by atoms with E-state index < -0.39 is 0 Å². The summed E-state index contributed by atoms with van der Waals surface area (Å²) in [6, 6.07) is 3.42. The molecule has 15 heavy (non-hydrogen) atoms. The highest BCUT2D eigenvalue weighted by Crippen LogP contribution is 2.31. The van der Waals surface area contributed by atoms with Crippen molar-refractivity contribution in [3.05, 3.63) is 22.2 Å². The second kappa shape index (κ2) is 4.16. The molecular formula is C9H13N3O2S. The SMILES string of the molecule is CN1CCN(c2ccc([N+](=O)[O-])s2)CC1. The molecule has 0 unspecified atom stereocenters. The lowest BCUT2D eigenvalue weighted by Gasteiger charge is -2.32. The van der Waals surface area contributed by atoms with Crippen LogP contribution in [-0.4, -0.2) is 43.0 Å². The summed E-state index contributed by atoms with van der Waals surface area (Å²) in [5, 5.41) is 11.8. The first kappa shape index (κ1) is 10.4. The van der Waals surface area contributed by atoms with Crippen LogP contribution in [-0.2, 0) is 0 Å². The van der Waals surface area contributed by atoms with Gasteiger partial charge in [0.2, 0.25) is 0 Å². The topological polar surface area (TPSA) is 49.6 Å². The quantitative estimate of drug-likeness (QED) is 0.566. The Hall–Kier alpha value is -1.14. The number of anilines is 1. The molecule has 0 amide bonds. The van der Waals surface area contributed by atoms with E-state index >= 15 is 0 Å². The number of rotatable bonds is 2. The maximum Gasteiger partial charge on any atom is 0.326 e. The number of nitro groups is 1. The average Bonchev–Trinajstić information content (AvgIpc) is 2.68. The second-order valence-electron chi connectivity index (χ2n) is 3.66. The van der Waals surface area contributed by atoms with Crippen molar-refractivity contribution in [3.8, 4) is 0 Å². The number of thiophene rings is 1. The van der Waals surface area contributed by atoms with Crippen molar-refractivity contribution in [2.24, 2.45) is 0 Å². The molecule has 0 N–H and O–H groups in total. The predicted octanol–water partition coefficient (Wildman–Crippen LogP) is 1.41. The Kier molecular flexibility index (Phi) is 2.88. The van der Waals surface area contributed by atoms with Crippen LogP contribution in [0.1, 0.15) is 0 Å². The van der Waals surface area contributed by atoms with E-state index in [-0.39, 0.29) is 9.92 Å². The molecule has 0 aromatic carbocycles. The van der Waals surface area contributed by atoms with Crippen molar-refractivity contribution in [3.63, 3.8) is 0 Å². The lowest BCUT2D eigenvalue weighted by Crippen LogP contribution is -2.44. The summed E-state index contributed by atoms with van der Waals surface area (Å²) in [4.78, 5) is 14.7. The van der Waals surface area contributed by atoms with Crippen molar-refractivity contribution < 1.29 is 4.92 Å². The fraction of sp³-hybridized carbons (Fsp3) is 0.556. The summed E-state index contributed by atoms with van der Waals surface area (Å²) in [5.41, 5.74) is 0. The zero-order chi connectivity index (χ0) is 10.8. The summed E-state index contributed by atoms with van der Waals surface area (Å²) in [6.07, 6.45) is 0. The summed E-state index contributed by atoms with van der Waals surface area (Å²) in [5.74, 6) is 0. The summed E-state index contributed by atoms with van der Waals surface area (Å²) < 4.78 is 0. The van der Waals surface area contributed by atoms with E-state index in [9.17, 15) is 10.1 Å². The number of piperazine rings is 1. The van der Waals surface area contributed by atoms with Gasteiger partial charge in [0.05, 0.1) is 9.92 Å². The van der Waals surface area contributed by atoms with Crippen molar-refractivity contribution in [1.82, 2.24) is 4.90 Å². The first-order valence-electron chi connectivity index (χ1n) is 4.84. The molecule has 1 saturated heterocycles. The first-order valence-corrected chi connectivity index (χ1v) is 5.66. The third-order valence-corrected chi connectivity index (χ3v) is 3.67. The van der Waals surface area contributed by atoms with Crippen molar-refractivity contribution in [1.29, 1.82) is 0 Å². The van der Waals surface area contributed by atoms with Gasteiger partial charge in [0.25, 0.3) is 0 Å². The highest BCUT2D eigenvalue weighted by Gasteiger charge is 2.18. The predicted molar refractivity (Wildman–Crippen MR) is 60.7 cm³/mol. The summed E-state index contributed by atoms with van der Waals surface area (Å²) >= 11 is 1.26. The Morgan fingerprint density at radius 2 is 2.00 bits per heavy atom. The van der Waals surface area contributed by atoms with Crippen LogP contribution in [0.25, 0.3) is 0 Å². The van der Waals surface area contributed by atoms with Gasteiger partial charge in [-0.15, -0.1) is 0 Å². The Morgan fingerprint density at radius 1 is 1.33 bits per heavy atom. The zero-order valence-corrected chi connectivity index (χ0v) is 9.37. The third kappa shape index (κ3) is 2.27. The van der Waals surface area contributed by atoms with Gasteiger partial charge in [0, 0.05) is 32.2 Å². The minimum absolute atomic E-state index is 0.226. The van der Waals surface area contributed by atoms with E-state index in [1.807, 2.05) is 6.07 Å². The van der Waals surface area contributed by atoms with Gasteiger partial charge in [0.15, 0.2) is 0 Å². The van der Waals surface area contributed by atoms with E-state index in [0.717, 1.165) is 31.2 Å². The minimum atomic E-state index is -0.329. The highest BCUT2D eigenvalue weighted by atomic mass is 32.1. The summed E-state index contributed by atoms with van der Waals surface area (Å²) in [6.45, 7) is 3.94. The first-order chi connectivity index (χ1) is 7.16. The van der Waals surface area contributed by atoms with Gasteiger partial charge in [-0.05, 0) is 24.5 Å². The molecule has 0 aliphatic carbocycles. The molecule has 0 bridgehead atoms. The lowest BCUT2D eigenvalue weighted by molar-refractivity contribution is -0.380. The molecule has 2 heterocycles. The third-order valence-electron chi connectivity index (χ3n) is 2.57. The number of hydrogen-bond donors (Lipinski definition) is 0. The van der Waals surface area contributed by atoms with Crippen LogP contribution >= 0.6 is 11.3 Å². The Bertz CT molecular complexity index is 358. The van der Waals surface area contributed by atoms with Crippen molar-refractivity contribution >= 4 is 21.3 Å². The Balaban J connectivity index is 2.06. The van der Waals surface area contributed by atoms with E-state index in [0.29, 0.717) is 0 Å². The van der Waals surface area contributed by atoms with Crippen LogP contribution < -0.4 is 4.90 Å². The molecule has 1 aliphatic heterocycles. The van der Waals surface area contributed by atoms with Gasteiger partial charge in [-0.2, -0.15) is 0 Å². The molecule has 1 aromatic rings.